The Balaban J connectivity index is 2.30. The Morgan fingerprint density at radius 3 is 2.62 bits per heavy atom. The number of nitrogens with one attached hydrogen (secondary N) is 1. The maximum atomic E-state index is 13.6. The molecule has 0 aliphatic carbocycles. The summed E-state index contributed by atoms with van der Waals surface area (Å²) in [7, 11) is 0. The Hall–Kier alpha value is -0.900. The van der Waals surface area contributed by atoms with Crippen molar-refractivity contribution in [2.75, 3.05) is 6.54 Å². The molecule has 0 heterocycles. The first-order valence-electron chi connectivity index (χ1n) is 6.94. The lowest BCUT2D eigenvalue weighted by atomic mass is 9.97. The highest BCUT2D eigenvalue weighted by Crippen LogP contribution is 2.27. The van der Waals surface area contributed by atoms with Gasteiger partial charge in [-0.2, -0.15) is 0 Å². The number of halogens is 3. The molecule has 0 fully saturated rings. The second-order valence-electron chi connectivity index (χ2n) is 5.11. The van der Waals surface area contributed by atoms with Gasteiger partial charge in [0.2, 0.25) is 0 Å². The molecule has 2 rings (SSSR count). The molecule has 2 aromatic carbocycles. The van der Waals surface area contributed by atoms with Gasteiger partial charge >= 0.3 is 0 Å². The summed E-state index contributed by atoms with van der Waals surface area (Å²) in [4.78, 5) is 0. The van der Waals surface area contributed by atoms with Crippen LogP contribution in [-0.2, 0) is 6.42 Å². The van der Waals surface area contributed by atoms with Crippen molar-refractivity contribution >= 4 is 27.5 Å². The topological polar surface area (TPSA) is 12.0 Å². The van der Waals surface area contributed by atoms with E-state index in [0.29, 0.717) is 0 Å². The van der Waals surface area contributed by atoms with Gasteiger partial charge in [-0.1, -0.05) is 46.6 Å². The third kappa shape index (κ3) is 4.53. The van der Waals surface area contributed by atoms with Crippen LogP contribution in [0.4, 0.5) is 4.39 Å². The fourth-order valence-corrected chi connectivity index (χ4v) is 3.18. The van der Waals surface area contributed by atoms with Gasteiger partial charge in [-0.3, -0.25) is 0 Å². The molecule has 1 unspecified atom stereocenters. The molecule has 0 bridgehead atoms. The predicted molar refractivity (Wildman–Crippen MR) is 90.4 cm³/mol. The molecule has 0 spiro atoms. The van der Waals surface area contributed by atoms with Crippen molar-refractivity contribution in [3.63, 3.8) is 0 Å². The van der Waals surface area contributed by atoms with Crippen LogP contribution in [0.5, 0.6) is 0 Å². The van der Waals surface area contributed by atoms with E-state index in [-0.39, 0.29) is 11.9 Å². The van der Waals surface area contributed by atoms with E-state index in [0.717, 1.165) is 39.2 Å². The van der Waals surface area contributed by atoms with Crippen molar-refractivity contribution < 1.29 is 4.39 Å². The van der Waals surface area contributed by atoms with Gasteiger partial charge in [0, 0.05) is 15.5 Å². The molecule has 1 nitrogen and oxygen atoms in total. The maximum Gasteiger partial charge on any atom is 0.123 e. The van der Waals surface area contributed by atoms with Gasteiger partial charge in [0.25, 0.3) is 0 Å². The first-order valence-corrected chi connectivity index (χ1v) is 8.11. The molecule has 0 aliphatic heterocycles. The molecular weight excluding hydrogens is 353 g/mol. The number of rotatable bonds is 5. The number of hydrogen-bond donors (Lipinski definition) is 1. The predicted octanol–water partition coefficient (Wildman–Crippen LogP) is 5.44. The van der Waals surface area contributed by atoms with Gasteiger partial charge in [0.05, 0.1) is 0 Å². The van der Waals surface area contributed by atoms with Gasteiger partial charge in [0.15, 0.2) is 0 Å². The van der Waals surface area contributed by atoms with Crippen LogP contribution < -0.4 is 5.32 Å². The molecule has 1 atom stereocenters. The molecule has 21 heavy (non-hydrogen) atoms. The van der Waals surface area contributed by atoms with Crippen LogP contribution in [0.25, 0.3) is 0 Å². The van der Waals surface area contributed by atoms with Crippen molar-refractivity contribution in [1.29, 1.82) is 0 Å². The summed E-state index contributed by atoms with van der Waals surface area (Å²) in [6.45, 7) is 4.76. The zero-order chi connectivity index (χ0) is 15.4. The summed E-state index contributed by atoms with van der Waals surface area (Å²) < 4.78 is 14.6. The molecule has 1 N–H and O–H groups in total. The Bertz CT molecular complexity index is 610. The fraction of sp³-hybridized carbons (Fsp3) is 0.294. The smallest absolute Gasteiger partial charge is 0.123 e. The van der Waals surface area contributed by atoms with Crippen LogP contribution in [0.1, 0.15) is 29.7 Å². The second-order valence-corrected chi connectivity index (χ2v) is 6.43. The van der Waals surface area contributed by atoms with Crippen molar-refractivity contribution in [3.8, 4) is 0 Å². The second kappa shape index (κ2) is 7.39. The molecule has 0 aromatic heterocycles. The van der Waals surface area contributed by atoms with Crippen LogP contribution >= 0.6 is 27.5 Å². The van der Waals surface area contributed by atoms with Crippen molar-refractivity contribution in [2.24, 2.45) is 0 Å². The number of benzene rings is 2. The molecule has 0 aliphatic rings. The summed E-state index contributed by atoms with van der Waals surface area (Å²) in [6.07, 6.45) is 0.725. The zero-order valence-corrected chi connectivity index (χ0v) is 14.4. The average Bonchev–Trinajstić information content (AvgIpc) is 2.40. The minimum Gasteiger partial charge on any atom is -0.310 e. The highest BCUT2D eigenvalue weighted by Gasteiger charge is 2.14. The first-order chi connectivity index (χ1) is 9.99. The van der Waals surface area contributed by atoms with Crippen molar-refractivity contribution in [2.45, 2.75) is 26.3 Å². The van der Waals surface area contributed by atoms with E-state index in [4.69, 9.17) is 11.6 Å². The average molecular weight is 371 g/mol. The summed E-state index contributed by atoms with van der Waals surface area (Å²) in [5.74, 6) is -0.199. The SMILES string of the molecule is CCNC(Cc1ccc(Br)cc1Cl)c1cc(C)cc(F)c1. The van der Waals surface area contributed by atoms with Gasteiger partial charge in [-0.05, 0) is 60.8 Å². The molecule has 0 saturated heterocycles. The highest BCUT2D eigenvalue weighted by atomic mass is 79.9. The van der Waals surface area contributed by atoms with Gasteiger partial charge < -0.3 is 5.32 Å². The third-order valence-electron chi connectivity index (χ3n) is 3.36. The minimum atomic E-state index is -0.199. The van der Waals surface area contributed by atoms with Crippen molar-refractivity contribution in [3.05, 3.63) is 68.4 Å². The zero-order valence-electron chi connectivity index (χ0n) is 12.1. The maximum absolute atomic E-state index is 13.6. The molecule has 0 amide bonds. The lowest BCUT2D eigenvalue weighted by Crippen LogP contribution is -2.23. The van der Waals surface area contributed by atoms with Gasteiger partial charge in [-0.15, -0.1) is 0 Å². The largest absolute Gasteiger partial charge is 0.310 e. The van der Waals surface area contributed by atoms with Crippen LogP contribution in [0.3, 0.4) is 0 Å². The fourth-order valence-electron chi connectivity index (χ4n) is 2.43. The van der Waals surface area contributed by atoms with E-state index in [1.165, 1.54) is 0 Å². The Morgan fingerprint density at radius 1 is 1.24 bits per heavy atom. The number of likely N-dealkylation sites (N-methyl/N-ethyl adjacent to an activating group) is 1. The molecular formula is C17H18BrClFN. The van der Waals surface area contributed by atoms with Crippen LogP contribution in [0, 0.1) is 12.7 Å². The van der Waals surface area contributed by atoms with Crippen molar-refractivity contribution in [1.82, 2.24) is 5.32 Å². The molecule has 0 saturated carbocycles. The van der Waals surface area contributed by atoms with E-state index >= 15 is 0 Å². The van der Waals surface area contributed by atoms with Crippen LogP contribution in [0.15, 0.2) is 40.9 Å². The minimum absolute atomic E-state index is 0.0445. The summed E-state index contributed by atoms with van der Waals surface area (Å²) in [5, 5.41) is 4.13. The highest BCUT2D eigenvalue weighted by molar-refractivity contribution is 9.10. The Kier molecular flexibility index (Phi) is 5.80. The van der Waals surface area contributed by atoms with E-state index in [1.54, 1.807) is 12.1 Å². The summed E-state index contributed by atoms with van der Waals surface area (Å²) in [6, 6.07) is 11.1. The van der Waals surface area contributed by atoms with E-state index in [2.05, 4.69) is 21.2 Å². The first kappa shape index (κ1) is 16.5. The standard InChI is InChI=1S/C17H18BrClFN/c1-3-21-17(13-6-11(2)7-15(20)8-13)9-12-4-5-14(18)10-16(12)19/h4-8,10,17,21H,3,9H2,1-2H3. The quantitative estimate of drug-likeness (QED) is 0.738. The van der Waals surface area contributed by atoms with E-state index in [9.17, 15) is 4.39 Å². The normalized spacial score (nSPS) is 12.4. The Labute approximate surface area is 138 Å². The summed E-state index contributed by atoms with van der Waals surface area (Å²) in [5.41, 5.74) is 2.93. The lowest BCUT2D eigenvalue weighted by molar-refractivity contribution is 0.542. The van der Waals surface area contributed by atoms with E-state index in [1.807, 2.05) is 38.1 Å². The van der Waals surface area contributed by atoms with Crippen LogP contribution in [-0.4, -0.2) is 6.54 Å². The molecule has 112 valence electrons. The number of hydrogen-bond acceptors (Lipinski definition) is 1. The molecule has 2 aromatic rings. The number of aryl methyl sites for hydroxylation is 1. The van der Waals surface area contributed by atoms with Gasteiger partial charge in [0.1, 0.15) is 5.82 Å². The molecule has 4 heteroatoms. The van der Waals surface area contributed by atoms with Crippen LogP contribution in [0.2, 0.25) is 5.02 Å². The third-order valence-corrected chi connectivity index (χ3v) is 4.20. The molecule has 0 radical (unpaired) electrons. The monoisotopic (exact) mass is 369 g/mol. The lowest BCUT2D eigenvalue weighted by Gasteiger charge is -2.20. The van der Waals surface area contributed by atoms with E-state index < -0.39 is 0 Å². The summed E-state index contributed by atoms with van der Waals surface area (Å²) >= 11 is 9.70. The van der Waals surface area contributed by atoms with Gasteiger partial charge in [-0.25, -0.2) is 4.39 Å². The Morgan fingerprint density at radius 2 is 2.00 bits per heavy atom.